The highest BCUT2D eigenvalue weighted by molar-refractivity contribution is 8.15. The molecule has 0 unspecified atom stereocenters. The molecule has 4 rings (SSSR count). The van der Waals surface area contributed by atoms with Crippen molar-refractivity contribution in [1.82, 2.24) is 4.90 Å². The summed E-state index contributed by atoms with van der Waals surface area (Å²) >= 11 is 0.913. The summed E-state index contributed by atoms with van der Waals surface area (Å²) in [5, 5.41) is 15.1. The smallest absolute Gasteiger partial charge is 0.291 e. The van der Waals surface area contributed by atoms with Crippen LogP contribution in [0, 0.1) is 0 Å². The summed E-state index contributed by atoms with van der Waals surface area (Å²) in [7, 11) is 0. The van der Waals surface area contributed by atoms with Crippen LogP contribution in [0.5, 0.6) is 0 Å². The number of carbonyl (C=O) groups excluding carboxylic acids is 3. The molecule has 0 aromatic heterocycles. The number of carboxylic acids is 1. The number of nitrogens with one attached hydrogen (secondary N) is 1. The zero-order valence-electron chi connectivity index (χ0n) is 14.6. The van der Waals surface area contributed by atoms with Crippen molar-refractivity contribution in [3.63, 3.8) is 0 Å². The molecule has 3 aromatic rings. The predicted octanol–water partition coefficient (Wildman–Crippen LogP) is 2.84. The topological polar surface area (TPSA) is 89.5 Å². The molecule has 1 N–H and O–H groups in total. The van der Waals surface area contributed by atoms with Gasteiger partial charge in [-0.2, -0.15) is 0 Å². The molecule has 0 saturated carbocycles. The maximum absolute atomic E-state index is 12.8. The minimum atomic E-state index is -1.30. The van der Waals surface area contributed by atoms with E-state index in [0.717, 1.165) is 33.1 Å². The highest BCUT2D eigenvalue weighted by Gasteiger charge is 2.39. The van der Waals surface area contributed by atoms with Gasteiger partial charge in [0.05, 0.1) is 12.5 Å². The van der Waals surface area contributed by atoms with Crippen molar-refractivity contribution < 1.29 is 19.5 Å². The molecule has 7 heteroatoms. The number of hydrogen-bond acceptors (Lipinski definition) is 6. The van der Waals surface area contributed by atoms with Crippen LogP contribution in [-0.4, -0.2) is 27.4 Å². The van der Waals surface area contributed by atoms with Gasteiger partial charge in [-0.05, 0) is 40.4 Å². The van der Waals surface area contributed by atoms with E-state index >= 15 is 0 Å². The van der Waals surface area contributed by atoms with E-state index in [2.05, 4.69) is 5.32 Å². The van der Waals surface area contributed by atoms with Crippen molar-refractivity contribution in [2.75, 3.05) is 5.32 Å². The SMILES string of the molecule is O=C([O-])c1cccc(CN2C(=O)S[C@@H](Nc3cccc4ccccc34)C2=O)c1. The summed E-state index contributed by atoms with van der Waals surface area (Å²) in [6.45, 7) is 0.0134. The molecule has 0 aliphatic carbocycles. The summed E-state index contributed by atoms with van der Waals surface area (Å²) in [6, 6.07) is 19.6. The molecular formula is C21H15N2O4S-. The van der Waals surface area contributed by atoms with Gasteiger partial charge in [-0.15, -0.1) is 0 Å². The number of amides is 2. The van der Waals surface area contributed by atoms with Crippen molar-refractivity contribution >= 4 is 45.3 Å². The number of rotatable bonds is 5. The van der Waals surface area contributed by atoms with Crippen molar-refractivity contribution in [2.24, 2.45) is 0 Å². The molecule has 0 spiro atoms. The summed E-state index contributed by atoms with van der Waals surface area (Å²) in [5.74, 6) is -1.66. The van der Waals surface area contributed by atoms with Crippen LogP contribution in [0.3, 0.4) is 0 Å². The van der Waals surface area contributed by atoms with Crippen molar-refractivity contribution in [3.8, 4) is 0 Å². The highest BCUT2D eigenvalue weighted by atomic mass is 32.2. The van der Waals surface area contributed by atoms with E-state index in [1.165, 1.54) is 12.1 Å². The Bertz CT molecular complexity index is 1090. The molecule has 1 aliphatic rings. The van der Waals surface area contributed by atoms with Crippen LogP contribution in [-0.2, 0) is 11.3 Å². The molecule has 1 fully saturated rings. The number of imide groups is 1. The van der Waals surface area contributed by atoms with Gasteiger partial charge in [-0.25, -0.2) is 0 Å². The Balaban J connectivity index is 1.54. The van der Waals surface area contributed by atoms with E-state index in [0.29, 0.717) is 5.56 Å². The lowest BCUT2D eigenvalue weighted by atomic mass is 10.1. The Labute approximate surface area is 165 Å². The lowest BCUT2D eigenvalue weighted by Crippen LogP contribution is -2.34. The van der Waals surface area contributed by atoms with Gasteiger partial charge >= 0.3 is 0 Å². The van der Waals surface area contributed by atoms with Gasteiger partial charge < -0.3 is 15.2 Å². The summed E-state index contributed by atoms with van der Waals surface area (Å²) in [4.78, 5) is 37.3. The third kappa shape index (κ3) is 3.44. The number of thioether (sulfide) groups is 1. The molecule has 140 valence electrons. The molecule has 0 bridgehead atoms. The number of hydrogen-bond donors (Lipinski definition) is 1. The third-order valence-electron chi connectivity index (χ3n) is 4.51. The van der Waals surface area contributed by atoms with Crippen molar-refractivity contribution in [3.05, 3.63) is 77.9 Å². The van der Waals surface area contributed by atoms with Crippen LogP contribution in [0.15, 0.2) is 66.7 Å². The van der Waals surface area contributed by atoms with E-state index in [1.807, 2.05) is 42.5 Å². The zero-order valence-corrected chi connectivity index (χ0v) is 15.4. The number of anilines is 1. The Morgan fingerprint density at radius 2 is 1.79 bits per heavy atom. The van der Waals surface area contributed by atoms with Crippen molar-refractivity contribution in [1.29, 1.82) is 0 Å². The largest absolute Gasteiger partial charge is 0.545 e. The Kier molecular flexibility index (Phi) is 4.75. The van der Waals surface area contributed by atoms with Gasteiger partial charge in [0.15, 0.2) is 5.37 Å². The van der Waals surface area contributed by atoms with Crippen LogP contribution in [0.4, 0.5) is 10.5 Å². The molecule has 6 nitrogen and oxygen atoms in total. The number of fused-ring (bicyclic) bond motifs is 1. The first kappa shape index (κ1) is 18.1. The Morgan fingerprint density at radius 3 is 2.61 bits per heavy atom. The normalized spacial score (nSPS) is 16.6. The Hall–Kier alpha value is -3.32. The lowest BCUT2D eigenvalue weighted by molar-refractivity contribution is -0.255. The van der Waals surface area contributed by atoms with Gasteiger partial charge in [0, 0.05) is 11.1 Å². The molecular weight excluding hydrogens is 376 g/mol. The molecule has 1 saturated heterocycles. The number of benzene rings is 3. The summed E-state index contributed by atoms with van der Waals surface area (Å²) in [6.07, 6.45) is 0. The highest BCUT2D eigenvalue weighted by Crippen LogP contribution is 2.32. The van der Waals surface area contributed by atoms with Crippen LogP contribution in [0.1, 0.15) is 15.9 Å². The van der Waals surface area contributed by atoms with Crippen molar-refractivity contribution in [2.45, 2.75) is 11.9 Å². The van der Waals surface area contributed by atoms with Gasteiger partial charge in [-0.1, -0.05) is 54.6 Å². The third-order valence-corrected chi connectivity index (χ3v) is 5.49. The van der Waals surface area contributed by atoms with Gasteiger partial charge in [0.1, 0.15) is 0 Å². The van der Waals surface area contributed by atoms with E-state index in [9.17, 15) is 19.5 Å². The average Bonchev–Trinajstić information content (AvgIpc) is 2.96. The minimum absolute atomic E-state index is 0.00896. The van der Waals surface area contributed by atoms with E-state index < -0.39 is 11.3 Å². The average molecular weight is 391 g/mol. The maximum atomic E-state index is 12.8. The van der Waals surface area contributed by atoms with Gasteiger partial charge in [-0.3, -0.25) is 14.5 Å². The first-order valence-electron chi connectivity index (χ1n) is 8.59. The molecule has 2 amide bonds. The van der Waals surface area contributed by atoms with Crippen LogP contribution < -0.4 is 10.4 Å². The summed E-state index contributed by atoms with van der Waals surface area (Å²) < 4.78 is 0. The fourth-order valence-electron chi connectivity index (χ4n) is 3.15. The van der Waals surface area contributed by atoms with E-state index in [-0.39, 0.29) is 23.3 Å². The molecule has 28 heavy (non-hydrogen) atoms. The van der Waals surface area contributed by atoms with Crippen LogP contribution >= 0.6 is 11.8 Å². The summed E-state index contributed by atoms with van der Waals surface area (Å²) in [5.41, 5.74) is 1.34. The molecule has 0 radical (unpaired) electrons. The molecule has 1 heterocycles. The predicted molar refractivity (Wildman–Crippen MR) is 106 cm³/mol. The quantitative estimate of drug-likeness (QED) is 0.719. The second-order valence-corrected chi connectivity index (χ2v) is 7.40. The fourth-order valence-corrected chi connectivity index (χ4v) is 4.05. The second kappa shape index (κ2) is 7.36. The van der Waals surface area contributed by atoms with Crippen LogP contribution in [0.2, 0.25) is 0 Å². The van der Waals surface area contributed by atoms with E-state index in [4.69, 9.17) is 0 Å². The lowest BCUT2D eigenvalue weighted by Gasteiger charge is -2.16. The first-order valence-corrected chi connectivity index (χ1v) is 9.47. The molecule has 3 aromatic carbocycles. The monoisotopic (exact) mass is 391 g/mol. The molecule has 1 aliphatic heterocycles. The van der Waals surface area contributed by atoms with E-state index in [1.54, 1.807) is 12.1 Å². The minimum Gasteiger partial charge on any atom is -0.545 e. The number of aromatic carboxylic acids is 1. The first-order chi connectivity index (χ1) is 13.5. The number of carbonyl (C=O) groups is 3. The number of carboxylic acid groups (broad SMARTS) is 1. The Morgan fingerprint density at radius 1 is 1.04 bits per heavy atom. The standard InChI is InChI=1S/C21H16N2O4S/c24-19-18(22-17-10-4-7-14-6-1-2-9-16(14)17)28-21(27)23(19)12-13-5-3-8-15(11-13)20(25)26/h1-11,18,22H,12H2,(H,25,26)/p-1/t18-/m1/s1. The second-order valence-electron chi connectivity index (χ2n) is 6.35. The van der Waals surface area contributed by atoms with Gasteiger partial charge in [0.25, 0.3) is 11.1 Å². The molecule has 1 atom stereocenters. The fraction of sp³-hybridized carbons (Fsp3) is 0.0952. The van der Waals surface area contributed by atoms with Crippen LogP contribution in [0.25, 0.3) is 10.8 Å². The zero-order chi connectivity index (χ0) is 19.7. The number of nitrogens with zero attached hydrogens (tertiary/aromatic N) is 1. The maximum Gasteiger partial charge on any atom is 0.291 e. The van der Waals surface area contributed by atoms with Gasteiger partial charge in [0.2, 0.25) is 0 Å².